The van der Waals surface area contributed by atoms with Gasteiger partial charge < -0.3 is 11.1 Å². The molecule has 2 rings (SSSR count). The molecule has 1 aliphatic carbocycles. The van der Waals surface area contributed by atoms with Crippen LogP contribution in [0.5, 0.6) is 0 Å². The third-order valence-corrected chi connectivity index (χ3v) is 3.47. The first-order valence-corrected chi connectivity index (χ1v) is 6.31. The predicted molar refractivity (Wildman–Crippen MR) is 68.9 cm³/mol. The molecule has 1 amide bonds. The number of carbonyl (C=O) groups excluding carboxylic acids is 1. The highest BCUT2D eigenvalue weighted by Crippen LogP contribution is 2.32. The first-order valence-electron chi connectivity index (χ1n) is 5.93. The van der Waals surface area contributed by atoms with Crippen LogP contribution in [-0.4, -0.2) is 18.5 Å². The third kappa shape index (κ3) is 3.45. The van der Waals surface area contributed by atoms with E-state index in [1.807, 2.05) is 18.2 Å². The fourth-order valence-electron chi connectivity index (χ4n) is 1.94. The van der Waals surface area contributed by atoms with E-state index in [0.29, 0.717) is 23.9 Å². The molecule has 0 saturated heterocycles. The smallest absolute Gasteiger partial charge is 0.224 e. The van der Waals surface area contributed by atoms with Crippen LogP contribution in [0.2, 0.25) is 5.02 Å². The molecule has 0 aliphatic heterocycles. The minimum absolute atomic E-state index is 0.000417. The highest BCUT2D eigenvalue weighted by molar-refractivity contribution is 6.31. The van der Waals surface area contributed by atoms with Crippen molar-refractivity contribution in [1.82, 2.24) is 5.32 Å². The van der Waals surface area contributed by atoms with Gasteiger partial charge in [-0.2, -0.15) is 0 Å². The van der Waals surface area contributed by atoms with Crippen LogP contribution in [-0.2, 0) is 11.2 Å². The SMILES string of the molecule is NCC(NC(=O)Cc1ccccc1Cl)C1CC1. The maximum Gasteiger partial charge on any atom is 0.224 e. The van der Waals surface area contributed by atoms with Crippen molar-refractivity contribution in [2.24, 2.45) is 11.7 Å². The Kier molecular flexibility index (Phi) is 4.02. The van der Waals surface area contributed by atoms with Crippen molar-refractivity contribution in [2.75, 3.05) is 6.54 Å². The second-order valence-corrected chi connectivity index (χ2v) is 4.92. The molecule has 1 atom stereocenters. The zero-order valence-corrected chi connectivity index (χ0v) is 10.4. The fraction of sp³-hybridized carbons (Fsp3) is 0.462. The van der Waals surface area contributed by atoms with Gasteiger partial charge in [0, 0.05) is 17.6 Å². The largest absolute Gasteiger partial charge is 0.352 e. The Morgan fingerprint density at radius 2 is 2.18 bits per heavy atom. The van der Waals surface area contributed by atoms with Crippen molar-refractivity contribution in [2.45, 2.75) is 25.3 Å². The Morgan fingerprint density at radius 3 is 2.76 bits per heavy atom. The minimum atomic E-state index is 0.000417. The van der Waals surface area contributed by atoms with Crippen LogP contribution in [0.15, 0.2) is 24.3 Å². The zero-order valence-electron chi connectivity index (χ0n) is 9.66. The van der Waals surface area contributed by atoms with Gasteiger partial charge in [-0.25, -0.2) is 0 Å². The molecule has 0 spiro atoms. The van der Waals surface area contributed by atoms with Crippen LogP contribution in [0, 0.1) is 5.92 Å². The van der Waals surface area contributed by atoms with E-state index in [9.17, 15) is 4.79 Å². The second kappa shape index (κ2) is 5.52. The van der Waals surface area contributed by atoms with Crippen LogP contribution < -0.4 is 11.1 Å². The number of hydrogen-bond acceptors (Lipinski definition) is 2. The van der Waals surface area contributed by atoms with Crippen LogP contribution >= 0.6 is 11.6 Å². The topological polar surface area (TPSA) is 55.1 Å². The number of benzene rings is 1. The molecule has 1 unspecified atom stereocenters. The van der Waals surface area contributed by atoms with Crippen LogP contribution in [0.3, 0.4) is 0 Å². The molecule has 1 aliphatic rings. The normalized spacial score (nSPS) is 16.6. The summed E-state index contributed by atoms with van der Waals surface area (Å²) < 4.78 is 0. The molecule has 0 bridgehead atoms. The van der Waals surface area contributed by atoms with Crippen LogP contribution in [0.25, 0.3) is 0 Å². The lowest BCUT2D eigenvalue weighted by Crippen LogP contribution is -2.42. The molecule has 1 aromatic carbocycles. The van der Waals surface area contributed by atoms with Crippen molar-refractivity contribution in [3.8, 4) is 0 Å². The Balaban J connectivity index is 1.90. The van der Waals surface area contributed by atoms with Gasteiger partial charge in [0.1, 0.15) is 0 Å². The molecule has 1 aromatic rings. The molecule has 1 fully saturated rings. The molecule has 3 nitrogen and oxygen atoms in total. The number of rotatable bonds is 5. The maximum atomic E-state index is 11.8. The van der Waals surface area contributed by atoms with Crippen molar-refractivity contribution < 1.29 is 4.79 Å². The number of carbonyl (C=O) groups is 1. The van der Waals surface area contributed by atoms with Gasteiger partial charge in [-0.05, 0) is 30.4 Å². The lowest BCUT2D eigenvalue weighted by molar-refractivity contribution is -0.121. The van der Waals surface area contributed by atoms with Crippen molar-refractivity contribution >= 4 is 17.5 Å². The summed E-state index contributed by atoms with van der Waals surface area (Å²) >= 11 is 6.01. The average Bonchev–Trinajstić information content (AvgIpc) is 3.13. The van der Waals surface area contributed by atoms with E-state index in [1.165, 1.54) is 12.8 Å². The molecule has 17 heavy (non-hydrogen) atoms. The average molecular weight is 253 g/mol. The summed E-state index contributed by atoms with van der Waals surface area (Å²) in [4.78, 5) is 11.8. The van der Waals surface area contributed by atoms with Gasteiger partial charge in [0.05, 0.1) is 6.42 Å². The Hall–Kier alpha value is -1.06. The highest BCUT2D eigenvalue weighted by atomic mass is 35.5. The standard InChI is InChI=1S/C13H17ClN2O/c14-11-4-2-1-3-10(11)7-13(17)16-12(8-15)9-5-6-9/h1-4,9,12H,5-8,15H2,(H,16,17). The first-order chi connectivity index (χ1) is 8.20. The minimum Gasteiger partial charge on any atom is -0.352 e. The second-order valence-electron chi connectivity index (χ2n) is 4.52. The van der Waals surface area contributed by atoms with Gasteiger partial charge in [0.25, 0.3) is 0 Å². The van der Waals surface area contributed by atoms with E-state index in [4.69, 9.17) is 17.3 Å². The molecule has 0 radical (unpaired) electrons. The van der Waals surface area contributed by atoms with Crippen molar-refractivity contribution in [1.29, 1.82) is 0 Å². The summed E-state index contributed by atoms with van der Waals surface area (Å²) in [6.07, 6.45) is 2.67. The van der Waals surface area contributed by atoms with Gasteiger partial charge in [-0.1, -0.05) is 29.8 Å². The predicted octanol–water partition coefficient (Wildman–Crippen LogP) is 1.74. The summed E-state index contributed by atoms with van der Waals surface area (Å²) in [5, 5.41) is 3.62. The van der Waals surface area contributed by atoms with E-state index in [-0.39, 0.29) is 11.9 Å². The fourth-order valence-corrected chi connectivity index (χ4v) is 2.14. The molecule has 1 saturated carbocycles. The molecule has 0 aromatic heterocycles. The highest BCUT2D eigenvalue weighted by Gasteiger charge is 2.31. The molecule has 92 valence electrons. The lowest BCUT2D eigenvalue weighted by Gasteiger charge is -2.16. The number of halogens is 1. The number of hydrogen-bond donors (Lipinski definition) is 2. The quantitative estimate of drug-likeness (QED) is 0.839. The summed E-state index contributed by atoms with van der Waals surface area (Å²) in [6.45, 7) is 0.513. The van der Waals surface area contributed by atoms with E-state index in [1.54, 1.807) is 6.07 Å². The maximum absolute atomic E-state index is 11.8. The number of nitrogens with two attached hydrogens (primary N) is 1. The van der Waals surface area contributed by atoms with E-state index in [0.717, 1.165) is 5.56 Å². The molecular weight excluding hydrogens is 236 g/mol. The Bertz CT molecular complexity index is 404. The molecule has 4 heteroatoms. The summed E-state index contributed by atoms with van der Waals surface area (Å²) in [5.41, 5.74) is 6.50. The van der Waals surface area contributed by atoms with E-state index in [2.05, 4.69) is 5.32 Å². The molecular formula is C13H17ClN2O. The van der Waals surface area contributed by atoms with Crippen molar-refractivity contribution in [3.05, 3.63) is 34.9 Å². The molecule has 0 heterocycles. The monoisotopic (exact) mass is 252 g/mol. The van der Waals surface area contributed by atoms with Crippen LogP contribution in [0.1, 0.15) is 18.4 Å². The van der Waals surface area contributed by atoms with Gasteiger partial charge in [-0.15, -0.1) is 0 Å². The number of nitrogens with one attached hydrogen (secondary N) is 1. The first kappa shape index (κ1) is 12.4. The molecule has 3 N–H and O–H groups in total. The van der Waals surface area contributed by atoms with Gasteiger partial charge in [0.15, 0.2) is 0 Å². The number of amides is 1. The Morgan fingerprint density at radius 1 is 1.47 bits per heavy atom. The van der Waals surface area contributed by atoms with E-state index < -0.39 is 0 Å². The summed E-state index contributed by atoms with van der Waals surface area (Å²) in [7, 11) is 0. The van der Waals surface area contributed by atoms with Gasteiger partial charge in [-0.3, -0.25) is 4.79 Å². The summed E-state index contributed by atoms with van der Waals surface area (Å²) in [6, 6.07) is 7.54. The lowest BCUT2D eigenvalue weighted by atomic mass is 10.1. The van der Waals surface area contributed by atoms with Gasteiger partial charge in [0.2, 0.25) is 5.91 Å². The van der Waals surface area contributed by atoms with E-state index >= 15 is 0 Å². The summed E-state index contributed by atoms with van der Waals surface area (Å²) in [5.74, 6) is 0.579. The third-order valence-electron chi connectivity index (χ3n) is 3.10. The van der Waals surface area contributed by atoms with Gasteiger partial charge >= 0.3 is 0 Å². The zero-order chi connectivity index (χ0) is 12.3. The van der Waals surface area contributed by atoms with Crippen molar-refractivity contribution in [3.63, 3.8) is 0 Å². The Labute approximate surface area is 106 Å². The van der Waals surface area contributed by atoms with Crippen LogP contribution in [0.4, 0.5) is 0 Å².